The van der Waals surface area contributed by atoms with E-state index < -0.39 is 15.9 Å². The fourth-order valence-corrected chi connectivity index (χ4v) is 4.52. The lowest BCUT2D eigenvalue weighted by molar-refractivity contribution is -0.114. The highest BCUT2D eigenvalue weighted by Gasteiger charge is 2.27. The zero-order valence-corrected chi connectivity index (χ0v) is 18.6. The molecule has 6 nitrogen and oxygen atoms in total. The molecule has 0 saturated heterocycles. The predicted octanol–water partition coefficient (Wildman–Crippen LogP) is 4.54. The van der Waals surface area contributed by atoms with Gasteiger partial charge < -0.3 is 10.1 Å². The van der Waals surface area contributed by atoms with Gasteiger partial charge in [0.25, 0.3) is 10.0 Å². The number of ether oxygens (including phenoxy) is 1. The van der Waals surface area contributed by atoms with Crippen molar-refractivity contribution in [2.75, 3.05) is 22.8 Å². The van der Waals surface area contributed by atoms with Crippen LogP contribution in [0.3, 0.4) is 0 Å². The van der Waals surface area contributed by atoms with Gasteiger partial charge in [-0.2, -0.15) is 0 Å². The highest BCUT2D eigenvalue weighted by atomic mass is 32.2. The Bertz CT molecular complexity index is 1160. The van der Waals surface area contributed by atoms with Crippen LogP contribution in [0.5, 0.6) is 5.75 Å². The van der Waals surface area contributed by atoms with E-state index in [4.69, 9.17) is 4.74 Å². The second-order valence-electron chi connectivity index (χ2n) is 7.07. The fraction of sp³-hybridized carbons (Fsp3) is 0.208. The summed E-state index contributed by atoms with van der Waals surface area (Å²) in [5.74, 6) is 0.0619. The molecule has 0 unspecified atom stereocenters. The third kappa shape index (κ3) is 5.24. The Morgan fingerprint density at radius 1 is 0.935 bits per heavy atom. The maximum absolute atomic E-state index is 13.4. The summed E-state index contributed by atoms with van der Waals surface area (Å²) in [5.41, 5.74) is 2.90. The number of nitrogens with zero attached hydrogens (tertiary/aromatic N) is 1. The molecule has 0 aromatic heterocycles. The van der Waals surface area contributed by atoms with Crippen molar-refractivity contribution in [3.05, 3.63) is 83.9 Å². The molecule has 0 aliphatic heterocycles. The number of para-hydroxylation sites is 2. The molecule has 1 N–H and O–H groups in total. The fourth-order valence-electron chi connectivity index (χ4n) is 3.09. The lowest BCUT2D eigenvalue weighted by atomic mass is 10.1. The Morgan fingerprint density at radius 3 is 2.29 bits per heavy atom. The first kappa shape index (κ1) is 22.4. The van der Waals surface area contributed by atoms with Crippen LogP contribution in [0, 0.1) is 13.8 Å². The van der Waals surface area contributed by atoms with Gasteiger partial charge in [0.05, 0.1) is 22.9 Å². The number of rotatable bonds is 8. The maximum atomic E-state index is 13.4. The first-order chi connectivity index (χ1) is 14.8. The average molecular weight is 439 g/mol. The van der Waals surface area contributed by atoms with E-state index in [0.717, 1.165) is 15.4 Å². The van der Waals surface area contributed by atoms with Crippen LogP contribution in [0.25, 0.3) is 0 Å². The van der Waals surface area contributed by atoms with Gasteiger partial charge in [0.2, 0.25) is 5.91 Å². The van der Waals surface area contributed by atoms with Gasteiger partial charge in [-0.25, -0.2) is 8.42 Å². The molecule has 3 aromatic rings. The summed E-state index contributed by atoms with van der Waals surface area (Å²) >= 11 is 0. The van der Waals surface area contributed by atoms with Crippen LogP contribution in [0.4, 0.5) is 11.4 Å². The van der Waals surface area contributed by atoms with Crippen LogP contribution in [-0.4, -0.2) is 27.5 Å². The Labute approximate surface area is 183 Å². The average Bonchev–Trinajstić information content (AvgIpc) is 2.76. The first-order valence-corrected chi connectivity index (χ1v) is 11.4. The summed E-state index contributed by atoms with van der Waals surface area (Å²) in [6, 6.07) is 20.5. The molecule has 3 rings (SSSR count). The Morgan fingerprint density at radius 2 is 1.61 bits per heavy atom. The lowest BCUT2D eigenvalue weighted by Gasteiger charge is -2.25. The molecule has 0 bridgehead atoms. The van der Waals surface area contributed by atoms with Gasteiger partial charge in [0, 0.05) is 0 Å². The molecule has 7 heteroatoms. The number of sulfonamides is 1. The predicted molar refractivity (Wildman–Crippen MR) is 123 cm³/mol. The molecule has 0 radical (unpaired) electrons. The molecule has 0 aliphatic carbocycles. The third-order valence-corrected chi connectivity index (χ3v) is 6.65. The van der Waals surface area contributed by atoms with Crippen molar-refractivity contribution < 1.29 is 17.9 Å². The smallest absolute Gasteiger partial charge is 0.264 e. The Balaban J connectivity index is 1.95. The van der Waals surface area contributed by atoms with E-state index in [2.05, 4.69) is 5.32 Å². The molecule has 0 fully saturated rings. The minimum absolute atomic E-state index is 0.121. The molecule has 0 heterocycles. The van der Waals surface area contributed by atoms with Gasteiger partial charge in [-0.1, -0.05) is 36.4 Å². The van der Waals surface area contributed by atoms with E-state index in [-0.39, 0.29) is 11.4 Å². The highest BCUT2D eigenvalue weighted by molar-refractivity contribution is 7.92. The van der Waals surface area contributed by atoms with Crippen LogP contribution in [0.2, 0.25) is 0 Å². The summed E-state index contributed by atoms with van der Waals surface area (Å²) in [7, 11) is -3.95. The van der Waals surface area contributed by atoms with E-state index in [0.29, 0.717) is 23.7 Å². The van der Waals surface area contributed by atoms with Crippen molar-refractivity contribution >= 4 is 27.3 Å². The van der Waals surface area contributed by atoms with E-state index in [1.54, 1.807) is 48.5 Å². The summed E-state index contributed by atoms with van der Waals surface area (Å²) in [4.78, 5) is 13.0. The van der Waals surface area contributed by atoms with E-state index in [1.165, 1.54) is 12.1 Å². The summed E-state index contributed by atoms with van der Waals surface area (Å²) in [6.45, 7) is 5.79. The van der Waals surface area contributed by atoms with E-state index in [9.17, 15) is 13.2 Å². The highest BCUT2D eigenvalue weighted by Crippen LogP contribution is 2.27. The SMILES string of the molecule is CCOc1ccccc1NC(=O)CN(c1ccc(C)c(C)c1)S(=O)(=O)c1ccccc1. The molecule has 3 aromatic carbocycles. The normalized spacial score (nSPS) is 11.1. The monoisotopic (exact) mass is 438 g/mol. The zero-order valence-electron chi connectivity index (χ0n) is 17.8. The molecule has 1 amide bonds. The van der Waals surface area contributed by atoms with Gasteiger partial charge >= 0.3 is 0 Å². The van der Waals surface area contributed by atoms with Crippen LogP contribution < -0.4 is 14.4 Å². The van der Waals surface area contributed by atoms with Crippen LogP contribution >= 0.6 is 0 Å². The van der Waals surface area contributed by atoms with Gasteiger partial charge in [-0.3, -0.25) is 9.10 Å². The number of carbonyl (C=O) groups is 1. The number of anilines is 2. The minimum atomic E-state index is -3.95. The van der Waals surface area contributed by atoms with Gasteiger partial charge in [0.1, 0.15) is 12.3 Å². The number of carbonyl (C=O) groups excluding carboxylic acids is 1. The molecular formula is C24H26N2O4S. The van der Waals surface area contributed by atoms with Crippen molar-refractivity contribution in [2.24, 2.45) is 0 Å². The number of hydrogen-bond donors (Lipinski definition) is 1. The van der Waals surface area contributed by atoms with Gasteiger partial charge in [0.15, 0.2) is 0 Å². The molecular weight excluding hydrogens is 412 g/mol. The quantitative estimate of drug-likeness (QED) is 0.560. The number of hydrogen-bond acceptors (Lipinski definition) is 4. The Hall–Kier alpha value is -3.32. The largest absolute Gasteiger partial charge is 0.492 e. The second-order valence-corrected chi connectivity index (χ2v) is 8.93. The van der Waals surface area contributed by atoms with Crippen molar-refractivity contribution in [1.82, 2.24) is 0 Å². The van der Waals surface area contributed by atoms with Gasteiger partial charge in [-0.15, -0.1) is 0 Å². The topological polar surface area (TPSA) is 75.7 Å². The van der Waals surface area contributed by atoms with Gasteiger partial charge in [-0.05, 0) is 68.3 Å². The van der Waals surface area contributed by atoms with Crippen molar-refractivity contribution in [3.8, 4) is 5.75 Å². The standard InChI is InChI=1S/C24H26N2O4S/c1-4-30-23-13-9-8-12-22(23)25-24(27)17-26(20-15-14-18(2)19(3)16-20)31(28,29)21-10-6-5-7-11-21/h5-16H,4,17H2,1-3H3,(H,25,27). The third-order valence-electron chi connectivity index (χ3n) is 4.86. The maximum Gasteiger partial charge on any atom is 0.264 e. The van der Waals surface area contributed by atoms with Crippen LogP contribution in [0.1, 0.15) is 18.1 Å². The van der Waals surface area contributed by atoms with E-state index in [1.807, 2.05) is 32.9 Å². The molecule has 0 saturated carbocycles. The first-order valence-electron chi connectivity index (χ1n) is 9.99. The molecule has 0 spiro atoms. The van der Waals surface area contributed by atoms with Crippen molar-refractivity contribution in [1.29, 1.82) is 0 Å². The number of aryl methyl sites for hydroxylation is 2. The number of benzene rings is 3. The minimum Gasteiger partial charge on any atom is -0.492 e. The molecule has 0 atom stereocenters. The van der Waals surface area contributed by atoms with Crippen LogP contribution in [0.15, 0.2) is 77.7 Å². The number of amides is 1. The van der Waals surface area contributed by atoms with Crippen molar-refractivity contribution in [2.45, 2.75) is 25.7 Å². The van der Waals surface area contributed by atoms with E-state index >= 15 is 0 Å². The summed E-state index contributed by atoms with van der Waals surface area (Å²) in [5, 5.41) is 2.78. The second kappa shape index (κ2) is 9.66. The number of nitrogens with one attached hydrogen (secondary N) is 1. The molecule has 31 heavy (non-hydrogen) atoms. The Kier molecular flexibility index (Phi) is 6.97. The molecule has 162 valence electrons. The summed E-state index contributed by atoms with van der Waals surface area (Å²) < 4.78 is 33.5. The van der Waals surface area contributed by atoms with Crippen molar-refractivity contribution in [3.63, 3.8) is 0 Å². The molecule has 0 aliphatic rings. The van der Waals surface area contributed by atoms with Crippen LogP contribution in [-0.2, 0) is 14.8 Å². The lowest BCUT2D eigenvalue weighted by Crippen LogP contribution is -2.38. The summed E-state index contributed by atoms with van der Waals surface area (Å²) in [6.07, 6.45) is 0. The zero-order chi connectivity index (χ0) is 22.4.